The van der Waals surface area contributed by atoms with Crippen molar-refractivity contribution in [1.82, 2.24) is 0 Å². The maximum atomic E-state index is 5.37. The van der Waals surface area contributed by atoms with Crippen LogP contribution >= 0.6 is 15.9 Å². The summed E-state index contributed by atoms with van der Waals surface area (Å²) < 4.78 is 6.38. The average molecular weight is 346 g/mol. The van der Waals surface area contributed by atoms with E-state index in [9.17, 15) is 0 Å². The molecule has 3 rings (SSSR count). The maximum absolute atomic E-state index is 5.37. The van der Waals surface area contributed by atoms with Crippen molar-refractivity contribution in [2.45, 2.75) is 31.7 Å². The van der Waals surface area contributed by atoms with Crippen LogP contribution in [-0.2, 0) is 12.8 Å². The molecule has 2 aromatic rings. The van der Waals surface area contributed by atoms with Gasteiger partial charge < -0.3 is 10.1 Å². The molecule has 2 nitrogen and oxygen atoms in total. The van der Waals surface area contributed by atoms with Crippen molar-refractivity contribution in [2.24, 2.45) is 0 Å². The van der Waals surface area contributed by atoms with Gasteiger partial charge in [0.05, 0.1) is 11.6 Å². The van der Waals surface area contributed by atoms with Gasteiger partial charge in [0.15, 0.2) is 0 Å². The largest absolute Gasteiger partial charge is 0.496 e. The van der Waals surface area contributed by atoms with E-state index < -0.39 is 0 Å². The number of methoxy groups -OCH3 is 1. The monoisotopic (exact) mass is 345 g/mol. The number of ether oxygens (including phenoxy) is 1. The second-order valence-corrected chi connectivity index (χ2v) is 6.40. The van der Waals surface area contributed by atoms with Crippen molar-refractivity contribution in [3.63, 3.8) is 0 Å². The number of hydrogen-bond donors (Lipinski definition) is 1. The highest BCUT2D eigenvalue weighted by molar-refractivity contribution is 9.10. The Labute approximate surface area is 134 Å². The minimum absolute atomic E-state index is 0.554. The van der Waals surface area contributed by atoms with Gasteiger partial charge in [-0.2, -0.15) is 0 Å². The molecule has 1 atom stereocenters. The van der Waals surface area contributed by atoms with E-state index >= 15 is 0 Å². The Bertz CT molecular complexity index is 612. The molecule has 1 aliphatic rings. The first-order valence-electron chi connectivity index (χ1n) is 7.43. The van der Waals surface area contributed by atoms with Crippen LogP contribution in [0.5, 0.6) is 5.75 Å². The lowest BCUT2D eigenvalue weighted by Gasteiger charge is -2.28. The minimum atomic E-state index is 0.554. The van der Waals surface area contributed by atoms with E-state index in [0.717, 1.165) is 23.1 Å². The lowest BCUT2D eigenvalue weighted by Crippen LogP contribution is -2.26. The molecule has 0 saturated heterocycles. The van der Waals surface area contributed by atoms with E-state index in [1.54, 1.807) is 7.11 Å². The van der Waals surface area contributed by atoms with E-state index in [-0.39, 0.29) is 0 Å². The zero-order chi connectivity index (χ0) is 14.7. The van der Waals surface area contributed by atoms with Gasteiger partial charge in [0.2, 0.25) is 0 Å². The number of fused-ring (bicyclic) bond motifs is 1. The molecular formula is C18H20BrNO. The molecule has 0 radical (unpaired) electrons. The third-order valence-corrected chi connectivity index (χ3v) is 4.74. The number of hydrogen-bond acceptors (Lipinski definition) is 2. The summed E-state index contributed by atoms with van der Waals surface area (Å²) in [4.78, 5) is 0. The van der Waals surface area contributed by atoms with Crippen molar-refractivity contribution in [2.75, 3.05) is 12.4 Å². The number of rotatable bonds is 4. The van der Waals surface area contributed by atoms with Gasteiger partial charge in [-0.25, -0.2) is 0 Å². The number of benzene rings is 2. The fourth-order valence-corrected chi connectivity index (χ4v) is 3.42. The first kappa shape index (κ1) is 14.5. The van der Waals surface area contributed by atoms with Crippen molar-refractivity contribution in [3.8, 4) is 5.75 Å². The Hall–Kier alpha value is -1.48. The second-order valence-electron chi connectivity index (χ2n) is 5.55. The molecule has 0 fully saturated rings. The van der Waals surface area contributed by atoms with Crippen LogP contribution in [0.25, 0.3) is 0 Å². The van der Waals surface area contributed by atoms with E-state index in [1.165, 1.54) is 29.7 Å². The molecule has 1 unspecified atom stereocenters. The Kier molecular flexibility index (Phi) is 4.49. The number of anilines is 1. The third-order valence-electron chi connectivity index (χ3n) is 4.12. The topological polar surface area (TPSA) is 21.3 Å². The Morgan fingerprint density at radius 2 is 2.05 bits per heavy atom. The van der Waals surface area contributed by atoms with E-state index in [2.05, 4.69) is 63.7 Å². The zero-order valence-corrected chi connectivity index (χ0v) is 13.8. The number of aryl methyl sites for hydroxylation is 2. The fraction of sp³-hybridized carbons (Fsp3) is 0.333. The van der Waals surface area contributed by atoms with Crippen LogP contribution in [0.2, 0.25) is 0 Å². The summed E-state index contributed by atoms with van der Waals surface area (Å²) in [7, 11) is 1.71. The molecule has 3 heteroatoms. The quantitative estimate of drug-likeness (QED) is 0.857. The van der Waals surface area contributed by atoms with Crippen molar-refractivity contribution in [1.29, 1.82) is 0 Å². The molecule has 0 aliphatic carbocycles. The van der Waals surface area contributed by atoms with Gasteiger partial charge in [-0.1, -0.05) is 30.3 Å². The summed E-state index contributed by atoms with van der Waals surface area (Å²) in [6.07, 6.45) is 4.61. The maximum Gasteiger partial charge on any atom is 0.133 e. The second kappa shape index (κ2) is 6.52. The van der Waals surface area contributed by atoms with E-state index in [1.807, 2.05) is 0 Å². The zero-order valence-electron chi connectivity index (χ0n) is 12.2. The molecule has 1 aliphatic heterocycles. The van der Waals surface area contributed by atoms with Crippen LogP contribution in [0.1, 0.15) is 24.0 Å². The smallest absolute Gasteiger partial charge is 0.133 e. The van der Waals surface area contributed by atoms with Gasteiger partial charge in [-0.3, -0.25) is 0 Å². The molecule has 21 heavy (non-hydrogen) atoms. The summed E-state index contributed by atoms with van der Waals surface area (Å²) in [5.74, 6) is 0.915. The van der Waals surface area contributed by atoms with Crippen LogP contribution in [0.3, 0.4) is 0 Å². The van der Waals surface area contributed by atoms with Crippen LogP contribution in [0.15, 0.2) is 46.9 Å². The lowest BCUT2D eigenvalue weighted by atomic mass is 9.94. The fourth-order valence-electron chi connectivity index (χ4n) is 2.92. The average Bonchev–Trinajstić information content (AvgIpc) is 2.53. The molecule has 0 saturated carbocycles. The van der Waals surface area contributed by atoms with Crippen LogP contribution in [0, 0.1) is 0 Å². The molecular weight excluding hydrogens is 326 g/mol. The van der Waals surface area contributed by atoms with Crippen LogP contribution < -0.4 is 10.1 Å². The molecule has 1 heterocycles. The Morgan fingerprint density at radius 1 is 1.24 bits per heavy atom. The first-order chi connectivity index (χ1) is 10.3. The molecule has 0 spiro atoms. The van der Waals surface area contributed by atoms with Gasteiger partial charge >= 0.3 is 0 Å². The van der Waals surface area contributed by atoms with Crippen LogP contribution in [0.4, 0.5) is 5.69 Å². The number of nitrogens with one attached hydrogen (secondary N) is 1. The summed E-state index contributed by atoms with van der Waals surface area (Å²) in [5.41, 5.74) is 4.01. The highest BCUT2D eigenvalue weighted by Crippen LogP contribution is 2.35. The van der Waals surface area contributed by atoms with Crippen molar-refractivity contribution in [3.05, 3.63) is 58.1 Å². The lowest BCUT2D eigenvalue weighted by molar-refractivity contribution is 0.411. The predicted molar refractivity (Wildman–Crippen MR) is 91.2 cm³/mol. The molecule has 2 aromatic carbocycles. The summed E-state index contributed by atoms with van der Waals surface area (Å²) >= 11 is 3.57. The normalized spacial score (nSPS) is 17.0. The molecule has 0 amide bonds. The molecule has 110 valence electrons. The van der Waals surface area contributed by atoms with E-state index in [4.69, 9.17) is 4.74 Å². The van der Waals surface area contributed by atoms with Crippen LogP contribution in [-0.4, -0.2) is 13.2 Å². The highest BCUT2D eigenvalue weighted by atomic mass is 79.9. The Morgan fingerprint density at radius 3 is 2.81 bits per heavy atom. The minimum Gasteiger partial charge on any atom is -0.496 e. The molecule has 0 aromatic heterocycles. The predicted octanol–water partition coefficient (Wildman–Crippen LogP) is 4.82. The van der Waals surface area contributed by atoms with Gasteiger partial charge in [0, 0.05) is 11.7 Å². The molecule has 0 bridgehead atoms. The summed E-state index contributed by atoms with van der Waals surface area (Å²) in [5, 5.41) is 3.67. The SMILES string of the molecule is COc1cc2c(cc1Br)NC(CCc1ccccc1)CC2. The van der Waals surface area contributed by atoms with Gasteiger partial charge in [-0.05, 0) is 64.9 Å². The van der Waals surface area contributed by atoms with Crippen molar-refractivity contribution >= 4 is 21.6 Å². The standard InChI is InChI=1S/C18H20BrNO/c1-21-18-11-14-8-10-15(20-17(14)12-16(18)19)9-7-13-5-3-2-4-6-13/h2-6,11-12,15,20H,7-10H2,1H3. The highest BCUT2D eigenvalue weighted by Gasteiger charge is 2.19. The van der Waals surface area contributed by atoms with E-state index in [0.29, 0.717) is 6.04 Å². The van der Waals surface area contributed by atoms with Gasteiger partial charge in [-0.15, -0.1) is 0 Å². The summed E-state index contributed by atoms with van der Waals surface area (Å²) in [6.45, 7) is 0. The van der Waals surface area contributed by atoms with Gasteiger partial charge in [0.25, 0.3) is 0 Å². The summed E-state index contributed by atoms with van der Waals surface area (Å²) in [6, 6.07) is 15.5. The van der Waals surface area contributed by atoms with Crippen molar-refractivity contribution < 1.29 is 4.74 Å². The number of halogens is 1. The molecule has 1 N–H and O–H groups in total. The Balaban J connectivity index is 1.66. The van der Waals surface area contributed by atoms with Gasteiger partial charge in [0.1, 0.15) is 5.75 Å². The third kappa shape index (κ3) is 3.41. The first-order valence-corrected chi connectivity index (χ1v) is 8.22.